The number of halogens is 2. The molecule has 3 atom stereocenters. The zero-order valence-corrected chi connectivity index (χ0v) is 33.4. The van der Waals surface area contributed by atoms with Crippen molar-refractivity contribution >= 4 is 40.9 Å². The van der Waals surface area contributed by atoms with E-state index in [2.05, 4.69) is 32.4 Å². The molecule has 2 saturated carbocycles. The maximum absolute atomic E-state index is 11.6. The van der Waals surface area contributed by atoms with Gasteiger partial charge in [-0.3, -0.25) is 14.6 Å². The van der Waals surface area contributed by atoms with Crippen LogP contribution in [0.5, 0.6) is 23.5 Å². The zero-order valence-electron chi connectivity index (χ0n) is 31.9. The lowest BCUT2D eigenvalue weighted by molar-refractivity contribution is -0.142. The van der Waals surface area contributed by atoms with E-state index in [0.717, 1.165) is 58.2 Å². The van der Waals surface area contributed by atoms with Gasteiger partial charge in [-0.1, -0.05) is 66.0 Å². The number of pyridine rings is 2. The molecule has 0 amide bonds. The molecule has 14 heteroatoms. The number of rotatable bonds is 16. The van der Waals surface area contributed by atoms with Gasteiger partial charge >= 0.3 is 11.9 Å². The van der Waals surface area contributed by atoms with Gasteiger partial charge in [0, 0.05) is 29.4 Å². The molecule has 0 bridgehead atoms. The van der Waals surface area contributed by atoms with Crippen molar-refractivity contribution in [1.82, 2.24) is 15.3 Å². The van der Waals surface area contributed by atoms with Crippen molar-refractivity contribution in [3.05, 3.63) is 92.0 Å². The Morgan fingerprint density at radius 3 is 1.89 bits per heavy atom. The Labute approximate surface area is 336 Å². The highest BCUT2D eigenvalue weighted by Crippen LogP contribution is 2.35. The third-order valence-corrected chi connectivity index (χ3v) is 11.3. The van der Waals surface area contributed by atoms with Gasteiger partial charge in [0.2, 0.25) is 23.5 Å². The van der Waals surface area contributed by atoms with E-state index >= 15 is 0 Å². The number of nitrogens with zero attached hydrogens (tertiary/aromatic N) is 3. The summed E-state index contributed by atoms with van der Waals surface area (Å²) in [4.78, 5) is 36.9. The molecule has 2 heterocycles. The first-order valence-corrected chi connectivity index (χ1v) is 19.4. The first-order valence-electron chi connectivity index (χ1n) is 18.6. The Morgan fingerprint density at radius 1 is 0.768 bits per heavy atom. The van der Waals surface area contributed by atoms with Gasteiger partial charge in [-0.2, -0.15) is 9.97 Å². The number of nitrogens with one attached hydrogen (secondary N) is 1. The number of methoxy groups -OCH3 is 2. The van der Waals surface area contributed by atoms with E-state index < -0.39 is 23.8 Å². The van der Waals surface area contributed by atoms with Crippen LogP contribution in [-0.2, 0) is 35.9 Å². The van der Waals surface area contributed by atoms with Gasteiger partial charge in [0.15, 0.2) is 0 Å². The standard InChI is InChI=1S/C42H46Cl2N4O8/c1-23-25(21-55-39-33(43)17-27(37(47-39)53-3)19-45-35-15-7-13-31(35)41(49)50)9-5-11-29(23)30-12-6-10-26(24(30)2)22-56-40-34(44)18-28(38(48-40)54-4)20-46-36-16-8-14-32(36)42(51)52/h5-6,9-12,17-18,31-32,35,45H,7-8,13-16,19-22H2,1-4H3,(H,49,50)(H,51,52)/t31-,32-,35-/m1/s1. The minimum Gasteiger partial charge on any atom is -0.481 e. The maximum atomic E-state index is 11.6. The van der Waals surface area contributed by atoms with Gasteiger partial charge < -0.3 is 34.5 Å². The van der Waals surface area contributed by atoms with E-state index in [0.29, 0.717) is 58.9 Å². The number of aromatic nitrogens is 2. The van der Waals surface area contributed by atoms with Crippen LogP contribution in [0.1, 0.15) is 71.9 Å². The summed E-state index contributed by atoms with van der Waals surface area (Å²) in [6.45, 7) is 5.09. The van der Waals surface area contributed by atoms with Crippen LogP contribution in [0.25, 0.3) is 11.1 Å². The van der Waals surface area contributed by atoms with Crippen LogP contribution >= 0.6 is 23.2 Å². The van der Waals surface area contributed by atoms with Crippen LogP contribution in [-0.4, -0.2) is 58.1 Å². The SMILES string of the molecule is COc1nc(OCc2cccc(-c3cccc(COc4nc(OC)c(CN[C@@H]5CCC[C@H]5C(=O)O)cc4Cl)c3C)c2C)c(Cl)cc1CN=C1CCC[C@H]1C(=O)O. The minimum atomic E-state index is -0.851. The van der Waals surface area contributed by atoms with Crippen molar-refractivity contribution in [3.63, 3.8) is 0 Å². The summed E-state index contributed by atoms with van der Waals surface area (Å²) in [7, 11) is 3.04. The minimum absolute atomic E-state index is 0.123. The quantitative estimate of drug-likeness (QED) is 0.0997. The molecular formula is C42H46Cl2N4O8. The Bertz CT molecular complexity index is 2130. The second-order valence-corrected chi connectivity index (χ2v) is 14.9. The highest BCUT2D eigenvalue weighted by atomic mass is 35.5. The Morgan fingerprint density at radius 2 is 1.34 bits per heavy atom. The molecule has 56 heavy (non-hydrogen) atoms. The van der Waals surface area contributed by atoms with Crippen molar-refractivity contribution in [1.29, 1.82) is 0 Å². The number of ether oxygens (including phenoxy) is 4. The lowest BCUT2D eigenvalue weighted by atomic mass is 9.92. The fraction of sp³-hybridized carbons (Fsp3) is 0.405. The Kier molecular flexibility index (Phi) is 13.4. The summed E-state index contributed by atoms with van der Waals surface area (Å²) in [6.07, 6.45) is 4.38. The van der Waals surface area contributed by atoms with E-state index in [-0.39, 0.29) is 37.6 Å². The second kappa shape index (κ2) is 18.4. The van der Waals surface area contributed by atoms with Crippen molar-refractivity contribution in [2.45, 2.75) is 84.7 Å². The number of carbonyl (C=O) groups is 2. The topological polar surface area (TPSA) is 162 Å². The van der Waals surface area contributed by atoms with Crippen LogP contribution in [0, 0.1) is 25.7 Å². The molecule has 12 nitrogen and oxygen atoms in total. The maximum Gasteiger partial charge on any atom is 0.312 e. The average molecular weight is 806 g/mol. The lowest BCUT2D eigenvalue weighted by Gasteiger charge is -2.19. The van der Waals surface area contributed by atoms with Crippen molar-refractivity contribution in [2.75, 3.05) is 14.2 Å². The fourth-order valence-electron chi connectivity index (χ4n) is 7.55. The molecule has 296 valence electrons. The van der Waals surface area contributed by atoms with Crippen LogP contribution in [0.15, 0.2) is 53.5 Å². The third-order valence-electron chi connectivity index (χ3n) is 10.7. The second-order valence-electron chi connectivity index (χ2n) is 14.1. The van der Waals surface area contributed by atoms with Crippen molar-refractivity contribution in [3.8, 4) is 34.6 Å². The average Bonchev–Trinajstić information content (AvgIpc) is 3.87. The third kappa shape index (κ3) is 9.20. The summed E-state index contributed by atoms with van der Waals surface area (Å²) < 4.78 is 23.4. The van der Waals surface area contributed by atoms with Crippen molar-refractivity contribution in [2.24, 2.45) is 16.8 Å². The molecule has 2 aliphatic rings. The van der Waals surface area contributed by atoms with E-state index in [1.165, 1.54) is 14.2 Å². The van der Waals surface area contributed by atoms with E-state index in [1.54, 1.807) is 12.1 Å². The van der Waals surface area contributed by atoms with Gasteiger partial charge in [-0.05, 0) is 91.5 Å². The highest BCUT2D eigenvalue weighted by molar-refractivity contribution is 6.32. The Balaban J connectivity index is 1.13. The highest BCUT2D eigenvalue weighted by Gasteiger charge is 2.33. The Hall–Kier alpha value is -4.91. The van der Waals surface area contributed by atoms with Crippen LogP contribution in [0.3, 0.4) is 0 Å². The normalized spacial score (nSPS) is 18.6. The predicted octanol–water partition coefficient (Wildman–Crippen LogP) is 8.41. The monoisotopic (exact) mass is 804 g/mol. The predicted molar refractivity (Wildman–Crippen MR) is 213 cm³/mol. The summed E-state index contributed by atoms with van der Waals surface area (Å²) in [5, 5.41) is 23.0. The molecule has 3 N–H and O–H groups in total. The summed E-state index contributed by atoms with van der Waals surface area (Å²) in [5.74, 6) is -1.47. The van der Waals surface area contributed by atoms with Gasteiger partial charge in [0.1, 0.15) is 23.3 Å². The number of carboxylic acid groups (broad SMARTS) is 2. The summed E-state index contributed by atoms with van der Waals surface area (Å²) >= 11 is 13.3. The van der Waals surface area contributed by atoms with Crippen molar-refractivity contribution < 1.29 is 38.7 Å². The number of hydrogen-bond donors (Lipinski definition) is 3. The molecule has 2 aromatic carbocycles. The number of aliphatic carboxylic acids is 2. The number of aliphatic imine (C=N–C) groups is 1. The van der Waals surface area contributed by atoms with Gasteiger partial charge in [0.05, 0.1) is 32.6 Å². The molecule has 0 saturated heterocycles. The molecule has 6 rings (SSSR count). The fourth-order valence-corrected chi connectivity index (χ4v) is 8.01. The van der Waals surface area contributed by atoms with Gasteiger partial charge in [-0.25, -0.2) is 0 Å². The van der Waals surface area contributed by atoms with E-state index in [9.17, 15) is 19.8 Å². The zero-order chi connectivity index (χ0) is 39.9. The molecule has 0 spiro atoms. The summed E-state index contributed by atoms with van der Waals surface area (Å²) in [5.41, 5.74) is 8.06. The molecule has 0 unspecified atom stereocenters. The van der Waals surface area contributed by atoms with E-state index in [1.807, 2.05) is 38.1 Å². The van der Waals surface area contributed by atoms with E-state index in [4.69, 9.17) is 42.1 Å². The first-order chi connectivity index (χ1) is 27.0. The van der Waals surface area contributed by atoms with Gasteiger partial charge in [0.25, 0.3) is 0 Å². The van der Waals surface area contributed by atoms with Crippen LogP contribution < -0.4 is 24.3 Å². The summed E-state index contributed by atoms with van der Waals surface area (Å²) in [6, 6.07) is 15.4. The molecule has 2 fully saturated rings. The number of hydrogen-bond acceptors (Lipinski definition) is 10. The first kappa shape index (κ1) is 40.7. The van der Waals surface area contributed by atoms with Gasteiger partial charge in [-0.15, -0.1) is 0 Å². The lowest BCUT2D eigenvalue weighted by Crippen LogP contribution is -2.35. The molecule has 2 aromatic heterocycles. The molecule has 0 aliphatic heterocycles. The smallest absolute Gasteiger partial charge is 0.312 e. The van der Waals surface area contributed by atoms with Crippen LogP contribution in [0.2, 0.25) is 10.0 Å². The van der Waals surface area contributed by atoms with Crippen LogP contribution in [0.4, 0.5) is 0 Å². The molecule has 4 aromatic rings. The molecular weight excluding hydrogens is 759 g/mol. The largest absolute Gasteiger partial charge is 0.481 e. The molecule has 2 aliphatic carbocycles. The number of benzene rings is 2. The molecule has 0 radical (unpaired) electrons. The number of carboxylic acids is 2.